The van der Waals surface area contributed by atoms with Gasteiger partial charge in [-0.3, -0.25) is 14.4 Å². The molecule has 1 aromatic carbocycles. The molecule has 0 saturated heterocycles. The second kappa shape index (κ2) is 9.97. The number of carboxylic acids is 1. The maximum absolute atomic E-state index is 12.1. The summed E-state index contributed by atoms with van der Waals surface area (Å²) in [5.74, 6) is -0.688. The summed E-state index contributed by atoms with van der Waals surface area (Å²) < 4.78 is 0. The minimum absolute atomic E-state index is 0.0761. The Labute approximate surface area is 146 Å². The molecule has 1 aromatic rings. The van der Waals surface area contributed by atoms with Crippen molar-refractivity contribution in [3.05, 3.63) is 29.8 Å². The van der Waals surface area contributed by atoms with E-state index < -0.39 is 17.9 Å². The van der Waals surface area contributed by atoms with Gasteiger partial charge >= 0.3 is 5.97 Å². The SMILES string of the molecule is CCCCSC(C)C(=O)Nc1ccc(C(=O)NC(C)C(=O)O)cc1. The van der Waals surface area contributed by atoms with Crippen molar-refractivity contribution in [1.82, 2.24) is 5.32 Å². The maximum atomic E-state index is 12.1. The van der Waals surface area contributed by atoms with Gasteiger partial charge in [-0.05, 0) is 50.3 Å². The molecule has 0 aliphatic carbocycles. The van der Waals surface area contributed by atoms with Gasteiger partial charge in [-0.2, -0.15) is 0 Å². The average molecular weight is 352 g/mol. The number of hydrogen-bond donors (Lipinski definition) is 3. The number of amides is 2. The molecule has 0 bridgehead atoms. The third-order valence-electron chi connectivity index (χ3n) is 3.37. The topological polar surface area (TPSA) is 95.5 Å². The molecule has 2 atom stereocenters. The lowest BCUT2D eigenvalue weighted by atomic mass is 10.2. The van der Waals surface area contributed by atoms with Crippen molar-refractivity contribution in [3.63, 3.8) is 0 Å². The molecule has 7 heteroatoms. The summed E-state index contributed by atoms with van der Waals surface area (Å²) in [4.78, 5) is 34.7. The summed E-state index contributed by atoms with van der Waals surface area (Å²) >= 11 is 1.61. The van der Waals surface area contributed by atoms with E-state index in [2.05, 4.69) is 17.6 Å². The molecule has 0 aromatic heterocycles. The van der Waals surface area contributed by atoms with Gasteiger partial charge in [0.1, 0.15) is 6.04 Å². The zero-order valence-corrected chi connectivity index (χ0v) is 15.0. The van der Waals surface area contributed by atoms with E-state index in [-0.39, 0.29) is 11.2 Å². The number of benzene rings is 1. The molecule has 24 heavy (non-hydrogen) atoms. The Balaban J connectivity index is 2.56. The predicted octanol–water partition coefficient (Wildman–Crippen LogP) is 2.75. The largest absolute Gasteiger partial charge is 0.480 e. The van der Waals surface area contributed by atoms with Crippen LogP contribution in [-0.4, -0.2) is 39.9 Å². The number of carbonyl (C=O) groups excluding carboxylic acids is 2. The van der Waals surface area contributed by atoms with Gasteiger partial charge in [0.25, 0.3) is 5.91 Å². The fraction of sp³-hybridized carbons (Fsp3) is 0.471. The van der Waals surface area contributed by atoms with E-state index in [1.54, 1.807) is 36.0 Å². The summed E-state index contributed by atoms with van der Waals surface area (Å²) in [6.45, 7) is 5.37. The van der Waals surface area contributed by atoms with Crippen LogP contribution in [0.1, 0.15) is 44.0 Å². The second-order valence-corrected chi connectivity index (χ2v) is 6.92. The van der Waals surface area contributed by atoms with Gasteiger partial charge in [0.15, 0.2) is 0 Å². The molecule has 0 heterocycles. The number of unbranched alkanes of at least 4 members (excludes halogenated alkanes) is 1. The average Bonchev–Trinajstić information content (AvgIpc) is 2.55. The lowest BCUT2D eigenvalue weighted by molar-refractivity contribution is -0.138. The molecular weight excluding hydrogens is 328 g/mol. The third kappa shape index (κ3) is 6.62. The van der Waals surface area contributed by atoms with Crippen LogP contribution in [0.5, 0.6) is 0 Å². The summed E-state index contributed by atoms with van der Waals surface area (Å²) in [7, 11) is 0. The highest BCUT2D eigenvalue weighted by Gasteiger charge is 2.16. The van der Waals surface area contributed by atoms with E-state index in [9.17, 15) is 14.4 Å². The molecule has 2 unspecified atom stereocenters. The molecule has 0 saturated carbocycles. The van der Waals surface area contributed by atoms with Crippen LogP contribution in [0.3, 0.4) is 0 Å². The normalized spacial score (nSPS) is 13.0. The fourth-order valence-electron chi connectivity index (χ4n) is 1.77. The van der Waals surface area contributed by atoms with E-state index in [1.165, 1.54) is 6.92 Å². The monoisotopic (exact) mass is 352 g/mol. The van der Waals surface area contributed by atoms with Crippen LogP contribution in [-0.2, 0) is 9.59 Å². The van der Waals surface area contributed by atoms with E-state index >= 15 is 0 Å². The second-order valence-electron chi connectivity index (χ2n) is 5.47. The fourth-order valence-corrected chi connectivity index (χ4v) is 2.79. The molecule has 0 aliphatic heterocycles. The first-order chi connectivity index (χ1) is 11.3. The highest BCUT2D eigenvalue weighted by Crippen LogP contribution is 2.16. The number of carboxylic acid groups (broad SMARTS) is 1. The first kappa shape index (κ1) is 20.0. The predicted molar refractivity (Wildman–Crippen MR) is 96.5 cm³/mol. The number of rotatable bonds is 9. The van der Waals surface area contributed by atoms with Crippen LogP contribution < -0.4 is 10.6 Å². The number of anilines is 1. The van der Waals surface area contributed by atoms with Crippen LogP contribution in [0.25, 0.3) is 0 Å². The van der Waals surface area contributed by atoms with Gasteiger partial charge in [-0.25, -0.2) is 0 Å². The van der Waals surface area contributed by atoms with Crippen molar-refractivity contribution in [3.8, 4) is 0 Å². The lowest BCUT2D eigenvalue weighted by Gasteiger charge is -2.12. The van der Waals surface area contributed by atoms with E-state index in [0.29, 0.717) is 11.3 Å². The van der Waals surface area contributed by atoms with Gasteiger partial charge in [0, 0.05) is 11.3 Å². The number of hydrogen-bond acceptors (Lipinski definition) is 4. The first-order valence-corrected chi connectivity index (χ1v) is 8.96. The zero-order valence-electron chi connectivity index (χ0n) is 14.2. The molecule has 6 nitrogen and oxygen atoms in total. The van der Waals surface area contributed by atoms with Crippen LogP contribution in [0, 0.1) is 0 Å². The smallest absolute Gasteiger partial charge is 0.325 e. The van der Waals surface area contributed by atoms with Crippen molar-refractivity contribution in [2.24, 2.45) is 0 Å². The molecule has 3 N–H and O–H groups in total. The van der Waals surface area contributed by atoms with E-state index in [1.807, 2.05) is 6.92 Å². The van der Waals surface area contributed by atoms with Gasteiger partial charge < -0.3 is 15.7 Å². The van der Waals surface area contributed by atoms with Gasteiger partial charge in [-0.15, -0.1) is 11.8 Å². The highest BCUT2D eigenvalue weighted by atomic mass is 32.2. The zero-order chi connectivity index (χ0) is 18.1. The molecule has 0 radical (unpaired) electrons. The maximum Gasteiger partial charge on any atom is 0.325 e. The number of carbonyl (C=O) groups is 3. The van der Waals surface area contributed by atoms with E-state index in [0.717, 1.165) is 18.6 Å². The summed E-state index contributed by atoms with van der Waals surface area (Å²) in [6, 6.07) is 5.39. The molecule has 0 spiro atoms. The summed E-state index contributed by atoms with van der Waals surface area (Å²) in [5, 5.41) is 13.8. The Hall–Kier alpha value is -2.02. The number of nitrogens with one attached hydrogen (secondary N) is 2. The molecule has 2 amide bonds. The standard InChI is InChI=1S/C17H24N2O4S/c1-4-5-10-24-12(3)15(20)19-14-8-6-13(7-9-14)16(21)18-11(2)17(22)23/h6-9,11-12H,4-5,10H2,1-3H3,(H,18,21)(H,19,20)(H,22,23). The Morgan fingerprint density at radius 3 is 2.33 bits per heavy atom. The minimum Gasteiger partial charge on any atom is -0.480 e. The minimum atomic E-state index is -1.10. The first-order valence-electron chi connectivity index (χ1n) is 7.91. The molecule has 0 aliphatic rings. The van der Waals surface area contributed by atoms with Crippen molar-refractivity contribution >= 4 is 35.2 Å². The van der Waals surface area contributed by atoms with Crippen LogP contribution in [0.4, 0.5) is 5.69 Å². The number of thioether (sulfide) groups is 1. The Bertz CT molecular complexity index is 574. The quantitative estimate of drug-likeness (QED) is 0.594. The molecular formula is C17H24N2O4S. The highest BCUT2D eigenvalue weighted by molar-refractivity contribution is 8.00. The van der Waals surface area contributed by atoms with Crippen LogP contribution >= 0.6 is 11.8 Å². The Morgan fingerprint density at radius 1 is 1.17 bits per heavy atom. The third-order valence-corrected chi connectivity index (χ3v) is 4.61. The molecule has 1 rings (SSSR count). The summed E-state index contributed by atoms with van der Waals surface area (Å²) in [6.07, 6.45) is 2.19. The van der Waals surface area contributed by atoms with Crippen LogP contribution in [0.2, 0.25) is 0 Å². The van der Waals surface area contributed by atoms with Crippen LogP contribution in [0.15, 0.2) is 24.3 Å². The summed E-state index contributed by atoms with van der Waals surface area (Å²) in [5.41, 5.74) is 0.942. The molecule has 0 fully saturated rings. The van der Waals surface area contributed by atoms with Crippen molar-refractivity contribution in [1.29, 1.82) is 0 Å². The van der Waals surface area contributed by atoms with E-state index in [4.69, 9.17) is 5.11 Å². The Morgan fingerprint density at radius 2 is 1.79 bits per heavy atom. The van der Waals surface area contributed by atoms with Gasteiger partial charge in [0.05, 0.1) is 5.25 Å². The molecule has 132 valence electrons. The van der Waals surface area contributed by atoms with Gasteiger partial charge in [-0.1, -0.05) is 13.3 Å². The number of aliphatic carboxylic acids is 1. The van der Waals surface area contributed by atoms with Crippen molar-refractivity contribution in [2.75, 3.05) is 11.1 Å². The lowest BCUT2D eigenvalue weighted by Crippen LogP contribution is -2.38. The van der Waals surface area contributed by atoms with Crippen molar-refractivity contribution < 1.29 is 19.5 Å². The van der Waals surface area contributed by atoms with Crippen molar-refractivity contribution in [2.45, 2.75) is 44.9 Å². The Kier molecular flexibility index (Phi) is 8.32. The van der Waals surface area contributed by atoms with Gasteiger partial charge in [0.2, 0.25) is 5.91 Å².